The van der Waals surface area contributed by atoms with Gasteiger partial charge >= 0.3 is 5.97 Å². The van der Waals surface area contributed by atoms with E-state index in [1.54, 1.807) is 0 Å². The van der Waals surface area contributed by atoms with E-state index in [2.05, 4.69) is 10.5 Å². The number of aliphatic carboxylic acids is 1. The van der Waals surface area contributed by atoms with E-state index in [-0.39, 0.29) is 11.6 Å². The van der Waals surface area contributed by atoms with Crippen LogP contribution < -0.4 is 5.32 Å². The summed E-state index contributed by atoms with van der Waals surface area (Å²) in [6.45, 7) is 0. The van der Waals surface area contributed by atoms with Crippen molar-refractivity contribution in [2.45, 2.75) is 51.0 Å². The molecule has 0 radical (unpaired) electrons. The summed E-state index contributed by atoms with van der Waals surface area (Å²) in [6.07, 6.45) is 6.47. The average molecular weight is 278 g/mol. The van der Waals surface area contributed by atoms with Crippen molar-refractivity contribution in [3.8, 4) is 0 Å². The lowest BCUT2D eigenvalue weighted by Crippen LogP contribution is -2.42. The number of hydrogen-bond donors (Lipinski definition) is 2. The molecule has 1 amide bonds. The Morgan fingerprint density at radius 2 is 2.00 bits per heavy atom. The van der Waals surface area contributed by atoms with Crippen LogP contribution in [0.4, 0.5) is 0 Å². The van der Waals surface area contributed by atoms with E-state index in [4.69, 9.17) is 9.63 Å². The first-order valence-corrected chi connectivity index (χ1v) is 7.18. The Hall–Kier alpha value is -1.85. The van der Waals surface area contributed by atoms with Gasteiger partial charge in [0, 0.05) is 12.0 Å². The zero-order valence-corrected chi connectivity index (χ0v) is 11.2. The lowest BCUT2D eigenvalue weighted by molar-refractivity contribution is -0.139. The van der Waals surface area contributed by atoms with Crippen molar-refractivity contribution in [1.29, 1.82) is 0 Å². The predicted octanol–water partition coefficient (Wildman–Crippen LogP) is 1.54. The molecule has 0 saturated heterocycles. The zero-order chi connectivity index (χ0) is 14.1. The number of amides is 1. The van der Waals surface area contributed by atoms with Gasteiger partial charge in [-0.1, -0.05) is 11.6 Å². The van der Waals surface area contributed by atoms with Crippen molar-refractivity contribution >= 4 is 11.9 Å². The lowest BCUT2D eigenvalue weighted by Gasteiger charge is -2.12. The Morgan fingerprint density at radius 1 is 1.25 bits per heavy atom. The fourth-order valence-electron chi connectivity index (χ4n) is 2.76. The molecule has 6 heteroatoms. The number of hydrogen-bond acceptors (Lipinski definition) is 4. The van der Waals surface area contributed by atoms with E-state index in [0.717, 1.165) is 56.3 Å². The van der Waals surface area contributed by atoms with Gasteiger partial charge in [-0.2, -0.15) is 0 Å². The number of nitrogens with zero attached hydrogens (tertiary/aromatic N) is 1. The molecule has 1 aromatic rings. The number of nitrogens with one attached hydrogen (secondary N) is 1. The summed E-state index contributed by atoms with van der Waals surface area (Å²) in [4.78, 5) is 23.4. The third-order valence-electron chi connectivity index (χ3n) is 4.06. The molecule has 0 bridgehead atoms. The molecule has 1 fully saturated rings. The number of fused-ring (bicyclic) bond motifs is 1. The van der Waals surface area contributed by atoms with Crippen LogP contribution in [0.15, 0.2) is 4.52 Å². The van der Waals surface area contributed by atoms with E-state index in [1.807, 2.05) is 0 Å². The van der Waals surface area contributed by atoms with E-state index in [9.17, 15) is 9.59 Å². The summed E-state index contributed by atoms with van der Waals surface area (Å²) in [5, 5.41) is 15.6. The molecule has 2 aliphatic rings. The topological polar surface area (TPSA) is 92.4 Å². The van der Waals surface area contributed by atoms with Crippen LogP contribution in [-0.4, -0.2) is 28.2 Å². The molecule has 108 valence electrons. The minimum absolute atomic E-state index is 0.0574. The highest BCUT2D eigenvalue weighted by Crippen LogP contribution is 2.33. The standard InChI is InChI=1S/C14H18N2O4/c17-13(15-11(14(18)19)8-6-7-8)12-9-4-2-1-3-5-10(9)20-16-12/h8,11H,1-7H2,(H,15,17)(H,18,19). The van der Waals surface area contributed by atoms with E-state index >= 15 is 0 Å². The summed E-state index contributed by atoms with van der Waals surface area (Å²) in [6, 6.07) is -0.805. The molecular weight excluding hydrogens is 260 g/mol. The highest BCUT2D eigenvalue weighted by atomic mass is 16.5. The van der Waals surface area contributed by atoms with Gasteiger partial charge in [0.2, 0.25) is 0 Å². The monoisotopic (exact) mass is 278 g/mol. The van der Waals surface area contributed by atoms with Gasteiger partial charge in [-0.05, 0) is 38.0 Å². The molecular formula is C14H18N2O4. The second-order valence-corrected chi connectivity index (χ2v) is 5.62. The molecule has 2 aliphatic carbocycles. The Balaban J connectivity index is 1.77. The molecule has 6 nitrogen and oxygen atoms in total. The highest BCUT2D eigenvalue weighted by Gasteiger charge is 2.38. The van der Waals surface area contributed by atoms with Gasteiger partial charge in [0.25, 0.3) is 5.91 Å². The van der Waals surface area contributed by atoms with Gasteiger partial charge < -0.3 is 14.9 Å². The van der Waals surface area contributed by atoms with Crippen molar-refractivity contribution in [3.05, 3.63) is 17.0 Å². The number of rotatable bonds is 4. The van der Waals surface area contributed by atoms with Crippen LogP contribution in [0.5, 0.6) is 0 Å². The lowest BCUT2D eigenvalue weighted by atomic mass is 10.1. The maximum atomic E-state index is 12.2. The second-order valence-electron chi connectivity index (χ2n) is 5.62. The molecule has 0 spiro atoms. The molecule has 0 aliphatic heterocycles. The third-order valence-corrected chi connectivity index (χ3v) is 4.06. The number of carbonyl (C=O) groups is 2. The van der Waals surface area contributed by atoms with Crippen molar-refractivity contribution in [1.82, 2.24) is 10.5 Å². The minimum atomic E-state index is -0.976. The molecule has 1 atom stereocenters. The highest BCUT2D eigenvalue weighted by molar-refractivity contribution is 5.96. The minimum Gasteiger partial charge on any atom is -0.480 e. The summed E-state index contributed by atoms with van der Waals surface area (Å²) < 4.78 is 5.25. The van der Waals surface area contributed by atoms with Crippen LogP contribution in [0.2, 0.25) is 0 Å². The molecule has 1 saturated carbocycles. The van der Waals surface area contributed by atoms with Crippen molar-refractivity contribution in [2.75, 3.05) is 0 Å². The maximum Gasteiger partial charge on any atom is 0.326 e. The van der Waals surface area contributed by atoms with Crippen LogP contribution in [0.1, 0.15) is 53.9 Å². The van der Waals surface area contributed by atoms with Crippen LogP contribution in [0, 0.1) is 5.92 Å². The summed E-state index contributed by atoms with van der Waals surface area (Å²) in [5.41, 5.74) is 1.13. The summed E-state index contributed by atoms with van der Waals surface area (Å²) in [5.74, 6) is -0.556. The Labute approximate surface area is 116 Å². The van der Waals surface area contributed by atoms with E-state index in [0.29, 0.717) is 0 Å². The second kappa shape index (κ2) is 5.26. The van der Waals surface area contributed by atoms with Crippen LogP contribution >= 0.6 is 0 Å². The van der Waals surface area contributed by atoms with E-state index < -0.39 is 17.9 Å². The van der Waals surface area contributed by atoms with Gasteiger partial charge in [0.05, 0.1) is 0 Å². The van der Waals surface area contributed by atoms with Crippen molar-refractivity contribution in [2.24, 2.45) is 5.92 Å². The molecule has 0 aromatic carbocycles. The molecule has 1 aromatic heterocycles. The summed E-state index contributed by atoms with van der Waals surface area (Å²) in [7, 11) is 0. The van der Waals surface area contributed by atoms with Crippen molar-refractivity contribution in [3.63, 3.8) is 0 Å². The van der Waals surface area contributed by atoms with Gasteiger partial charge in [-0.3, -0.25) is 4.79 Å². The fraction of sp³-hybridized carbons (Fsp3) is 0.643. The molecule has 1 unspecified atom stereocenters. The van der Waals surface area contributed by atoms with Crippen molar-refractivity contribution < 1.29 is 19.2 Å². The first-order chi connectivity index (χ1) is 9.66. The Bertz CT molecular complexity index is 533. The SMILES string of the molecule is O=C(NC(C(=O)O)C1CC1)c1noc2c1CCCCC2. The van der Waals surface area contributed by atoms with E-state index in [1.165, 1.54) is 0 Å². The van der Waals surface area contributed by atoms with Crippen LogP contribution in [0.25, 0.3) is 0 Å². The number of carbonyl (C=O) groups excluding carboxylic acids is 1. The number of carboxylic acids is 1. The van der Waals surface area contributed by atoms with Gasteiger partial charge in [0.15, 0.2) is 5.69 Å². The Kier molecular flexibility index (Phi) is 3.46. The smallest absolute Gasteiger partial charge is 0.326 e. The maximum absolute atomic E-state index is 12.2. The number of aryl methyl sites for hydroxylation is 1. The number of carboxylic acid groups (broad SMARTS) is 1. The predicted molar refractivity (Wildman–Crippen MR) is 69.4 cm³/mol. The third kappa shape index (κ3) is 2.55. The van der Waals surface area contributed by atoms with Gasteiger partial charge in [-0.25, -0.2) is 4.79 Å². The van der Waals surface area contributed by atoms with Crippen LogP contribution in [0.3, 0.4) is 0 Å². The number of aromatic nitrogens is 1. The normalized spacial score (nSPS) is 19.8. The summed E-state index contributed by atoms with van der Waals surface area (Å²) >= 11 is 0. The fourth-order valence-corrected chi connectivity index (χ4v) is 2.76. The molecule has 1 heterocycles. The van der Waals surface area contributed by atoms with Crippen LogP contribution in [-0.2, 0) is 17.6 Å². The molecule has 20 heavy (non-hydrogen) atoms. The van der Waals surface area contributed by atoms with Gasteiger partial charge in [-0.15, -0.1) is 0 Å². The van der Waals surface area contributed by atoms with Gasteiger partial charge in [0.1, 0.15) is 11.8 Å². The Morgan fingerprint density at radius 3 is 2.70 bits per heavy atom. The first kappa shape index (κ1) is 13.1. The quantitative estimate of drug-likeness (QED) is 0.815. The first-order valence-electron chi connectivity index (χ1n) is 7.18. The average Bonchev–Trinajstić information content (AvgIpc) is 3.21. The zero-order valence-electron chi connectivity index (χ0n) is 11.2. The largest absolute Gasteiger partial charge is 0.480 e. The molecule has 2 N–H and O–H groups in total. The molecule has 3 rings (SSSR count).